The molecule has 0 atom stereocenters. The van der Waals surface area contributed by atoms with E-state index in [1.807, 2.05) is 0 Å². The van der Waals surface area contributed by atoms with Crippen LogP contribution in [-0.2, 0) is 54.2 Å². The van der Waals surface area contributed by atoms with E-state index in [2.05, 4.69) is 15.9 Å². The Kier molecular flexibility index (Phi) is 5.35. The second kappa shape index (κ2) is 7.79. The Hall–Kier alpha value is -2.39. The van der Waals surface area contributed by atoms with Crippen molar-refractivity contribution in [1.82, 2.24) is 14.5 Å². The molecule has 0 saturated carbocycles. The fourth-order valence-corrected chi connectivity index (χ4v) is 5.77. The summed E-state index contributed by atoms with van der Waals surface area (Å²) in [6.45, 7) is 0.189. The summed E-state index contributed by atoms with van der Waals surface area (Å²) >= 11 is 0. The molecule has 1 amide bonds. The first kappa shape index (κ1) is 19.9. The number of fused-ring (bicyclic) bond motifs is 2. The van der Waals surface area contributed by atoms with Crippen LogP contribution in [0.5, 0.6) is 0 Å². The van der Waals surface area contributed by atoms with E-state index in [4.69, 9.17) is 5.73 Å². The average molecular weight is 418 g/mol. The molecule has 8 nitrogen and oxygen atoms in total. The predicted molar refractivity (Wildman–Crippen MR) is 111 cm³/mol. The summed E-state index contributed by atoms with van der Waals surface area (Å²) in [5, 5.41) is 4.02. The molecule has 4 rings (SSSR count). The van der Waals surface area contributed by atoms with Gasteiger partial charge in [-0.3, -0.25) is 9.48 Å². The van der Waals surface area contributed by atoms with Gasteiger partial charge in [0.1, 0.15) is 0 Å². The van der Waals surface area contributed by atoms with Crippen molar-refractivity contribution in [2.24, 2.45) is 12.8 Å². The van der Waals surface area contributed by atoms with E-state index in [9.17, 15) is 13.2 Å². The van der Waals surface area contributed by atoms with Gasteiger partial charge in [0.15, 0.2) is 0 Å². The van der Waals surface area contributed by atoms with Gasteiger partial charge in [0.2, 0.25) is 5.91 Å². The van der Waals surface area contributed by atoms with Crippen molar-refractivity contribution >= 4 is 21.8 Å². The molecular formula is C20H27N5O3S. The zero-order valence-electron chi connectivity index (χ0n) is 16.6. The third kappa shape index (κ3) is 3.89. The number of carbonyl (C=O) groups excluding carboxylic acids is 1. The molecule has 2 aliphatic carbocycles. The fourth-order valence-electron chi connectivity index (χ4n) is 4.59. The van der Waals surface area contributed by atoms with E-state index >= 15 is 0 Å². The first-order valence-corrected chi connectivity index (χ1v) is 11.5. The van der Waals surface area contributed by atoms with Crippen molar-refractivity contribution < 1.29 is 13.2 Å². The second-order valence-electron chi connectivity index (χ2n) is 7.78. The fraction of sp³-hybridized carbons (Fsp3) is 0.500. The summed E-state index contributed by atoms with van der Waals surface area (Å²) in [6, 6.07) is 2.30. The highest BCUT2D eigenvalue weighted by molar-refractivity contribution is 7.91. The number of amides is 1. The molecule has 2 aliphatic rings. The summed E-state index contributed by atoms with van der Waals surface area (Å²) in [6.07, 6.45) is 9.31. The van der Waals surface area contributed by atoms with Gasteiger partial charge in [-0.25, -0.2) is 9.03 Å². The van der Waals surface area contributed by atoms with Crippen LogP contribution in [0.15, 0.2) is 18.5 Å². The molecular weight excluding hydrogens is 390 g/mol. The second-order valence-corrected chi connectivity index (χ2v) is 9.37. The molecule has 2 aromatic rings. The lowest BCUT2D eigenvalue weighted by molar-refractivity contribution is -0.118. The Morgan fingerprint density at radius 3 is 2.41 bits per heavy atom. The highest BCUT2D eigenvalue weighted by atomic mass is 32.2. The maximum atomic E-state index is 12.9. The van der Waals surface area contributed by atoms with Crippen molar-refractivity contribution in [1.29, 1.82) is 0 Å². The molecule has 0 spiro atoms. The highest BCUT2D eigenvalue weighted by Gasteiger charge is 2.28. The number of benzene rings is 1. The van der Waals surface area contributed by atoms with Crippen molar-refractivity contribution in [2.75, 3.05) is 17.4 Å². The SMILES string of the molecule is Cn1cc(N(CCN)S(=O)(=O)NC(=O)Cc2c3c(cc4c2CCC4)CCC3)cn1. The normalized spacial score (nSPS) is 15.2. The van der Waals surface area contributed by atoms with E-state index < -0.39 is 16.1 Å². The van der Waals surface area contributed by atoms with E-state index in [1.165, 1.54) is 33.1 Å². The maximum absolute atomic E-state index is 12.9. The molecule has 1 heterocycles. The smallest absolute Gasteiger partial charge is 0.326 e. The molecule has 0 aliphatic heterocycles. The van der Waals surface area contributed by atoms with E-state index in [-0.39, 0.29) is 19.5 Å². The quantitative estimate of drug-likeness (QED) is 0.691. The van der Waals surface area contributed by atoms with E-state index in [1.54, 1.807) is 13.2 Å². The minimum Gasteiger partial charge on any atom is -0.329 e. The molecule has 3 N–H and O–H groups in total. The number of nitrogens with zero attached hydrogens (tertiary/aromatic N) is 3. The molecule has 1 aromatic heterocycles. The van der Waals surface area contributed by atoms with E-state index in [0.29, 0.717) is 5.69 Å². The molecule has 0 saturated heterocycles. The lowest BCUT2D eigenvalue weighted by Gasteiger charge is -2.22. The summed E-state index contributed by atoms with van der Waals surface area (Å²) in [7, 11) is -2.37. The number of nitrogens with two attached hydrogens (primary N) is 1. The summed E-state index contributed by atoms with van der Waals surface area (Å²) < 4.78 is 30.6. The van der Waals surface area contributed by atoms with E-state index in [0.717, 1.165) is 48.4 Å². The summed E-state index contributed by atoms with van der Waals surface area (Å²) in [5.74, 6) is -0.509. The minimum absolute atomic E-state index is 0.0600. The Morgan fingerprint density at radius 1 is 1.21 bits per heavy atom. The predicted octanol–water partition coefficient (Wildman–Crippen LogP) is 0.766. The molecule has 156 valence electrons. The van der Waals surface area contributed by atoms with Crippen molar-refractivity contribution in [3.05, 3.63) is 46.3 Å². The van der Waals surface area contributed by atoms with Gasteiger partial charge in [-0.2, -0.15) is 13.5 Å². The molecule has 0 radical (unpaired) electrons. The Balaban J connectivity index is 1.57. The number of aromatic nitrogens is 2. The van der Waals surface area contributed by atoms with Crippen LogP contribution < -0.4 is 14.8 Å². The van der Waals surface area contributed by atoms with Crippen LogP contribution in [0.3, 0.4) is 0 Å². The number of hydrogen-bond acceptors (Lipinski definition) is 5. The number of hydrogen-bond donors (Lipinski definition) is 2. The van der Waals surface area contributed by atoms with Crippen molar-refractivity contribution in [3.8, 4) is 0 Å². The summed E-state index contributed by atoms with van der Waals surface area (Å²) in [4.78, 5) is 12.8. The van der Waals surface area contributed by atoms with Crippen LogP contribution >= 0.6 is 0 Å². The number of aryl methyl sites for hydroxylation is 3. The topological polar surface area (TPSA) is 110 Å². The zero-order chi connectivity index (χ0) is 20.6. The molecule has 0 bridgehead atoms. The van der Waals surface area contributed by atoms with Crippen molar-refractivity contribution in [2.45, 2.75) is 44.9 Å². The van der Waals surface area contributed by atoms with Crippen LogP contribution in [0.1, 0.15) is 40.7 Å². The van der Waals surface area contributed by atoms with Gasteiger partial charge in [0.05, 0.1) is 18.3 Å². The largest absolute Gasteiger partial charge is 0.329 e. The maximum Gasteiger partial charge on any atom is 0.326 e. The third-order valence-corrected chi connectivity index (χ3v) is 7.24. The van der Waals surface area contributed by atoms with Crippen LogP contribution in [0, 0.1) is 0 Å². The van der Waals surface area contributed by atoms with Crippen molar-refractivity contribution in [3.63, 3.8) is 0 Å². The van der Waals surface area contributed by atoms with Gasteiger partial charge in [-0.05, 0) is 66.3 Å². The molecule has 29 heavy (non-hydrogen) atoms. The molecule has 0 unspecified atom stereocenters. The lowest BCUT2D eigenvalue weighted by Crippen LogP contribution is -2.46. The highest BCUT2D eigenvalue weighted by Crippen LogP contribution is 2.35. The minimum atomic E-state index is -4.07. The molecule has 0 fully saturated rings. The number of rotatable bonds is 7. The first-order valence-electron chi connectivity index (χ1n) is 10.1. The number of carbonyl (C=O) groups is 1. The number of nitrogens with one attached hydrogen (secondary N) is 1. The third-order valence-electron chi connectivity index (χ3n) is 5.78. The Morgan fingerprint density at radius 2 is 1.86 bits per heavy atom. The number of anilines is 1. The van der Waals surface area contributed by atoms with Gasteiger partial charge < -0.3 is 5.73 Å². The summed E-state index contributed by atoms with van der Waals surface area (Å²) in [5.41, 5.74) is 12.2. The van der Waals surface area contributed by atoms with Gasteiger partial charge >= 0.3 is 10.2 Å². The molecule has 1 aromatic carbocycles. The van der Waals surface area contributed by atoms with Gasteiger partial charge in [0.25, 0.3) is 0 Å². The first-order chi connectivity index (χ1) is 13.9. The van der Waals surface area contributed by atoms with Gasteiger partial charge in [-0.15, -0.1) is 0 Å². The van der Waals surface area contributed by atoms with Crippen LogP contribution in [0.25, 0.3) is 0 Å². The van der Waals surface area contributed by atoms with Crippen LogP contribution in [-0.4, -0.2) is 37.2 Å². The van der Waals surface area contributed by atoms with Gasteiger partial charge in [0, 0.05) is 26.3 Å². The standard InChI is InChI=1S/C20H27N5O3S/c1-24-13-16(12-22-24)25(9-8-21)29(27,28)23-20(26)11-19-17-6-2-4-14(17)10-15-5-3-7-18(15)19/h10,12-13H,2-9,11,21H2,1H3,(H,23,26). The average Bonchev–Trinajstić information content (AvgIpc) is 3.39. The molecule has 9 heteroatoms. The Labute approximate surface area is 171 Å². The van der Waals surface area contributed by atoms with Gasteiger partial charge in [-0.1, -0.05) is 6.07 Å². The van der Waals surface area contributed by atoms with Crippen LogP contribution in [0.4, 0.5) is 5.69 Å². The lowest BCUT2D eigenvalue weighted by atomic mass is 9.92. The Bertz CT molecular complexity index is 1010. The zero-order valence-corrected chi connectivity index (χ0v) is 17.5. The monoisotopic (exact) mass is 417 g/mol. The van der Waals surface area contributed by atoms with Crippen LogP contribution in [0.2, 0.25) is 0 Å².